The van der Waals surface area contributed by atoms with Gasteiger partial charge in [-0.2, -0.15) is 5.26 Å². The van der Waals surface area contributed by atoms with E-state index < -0.39 is 11.4 Å². The van der Waals surface area contributed by atoms with E-state index >= 15 is 0 Å². The third-order valence-electron chi connectivity index (χ3n) is 6.40. The highest BCUT2D eigenvalue weighted by Gasteiger charge is 2.45. The number of Topliss-reactive ketones (excluding diaryl/α,β-unsaturated/α-hetero) is 1. The van der Waals surface area contributed by atoms with E-state index in [2.05, 4.69) is 23.5 Å². The summed E-state index contributed by atoms with van der Waals surface area (Å²) in [5.41, 5.74) is 4.71. The van der Waals surface area contributed by atoms with Gasteiger partial charge in [-0.1, -0.05) is 54.1 Å². The summed E-state index contributed by atoms with van der Waals surface area (Å²) in [4.78, 5) is 25.4. The van der Waals surface area contributed by atoms with Crippen LogP contribution in [-0.4, -0.2) is 23.4 Å². The number of rotatable bonds is 8. The highest BCUT2D eigenvalue weighted by molar-refractivity contribution is 6.00. The third-order valence-corrected chi connectivity index (χ3v) is 6.40. The standard InChI is InChI=1S/C28H26N2O3/c1-19-5-4-6-20(13-19)11-12-30-25-14-21(9-10-24(25)18-29)26(31)17-28(27(32)33)15-22-7-2-3-8-23(22)16-28/h2-10,13-14,30H,11-12,15-17H2,1H3,(H,32,33). The Hall–Kier alpha value is -3.91. The minimum absolute atomic E-state index is 0.0777. The summed E-state index contributed by atoms with van der Waals surface area (Å²) in [6, 6.07) is 23.0. The zero-order valence-corrected chi connectivity index (χ0v) is 18.6. The maximum absolute atomic E-state index is 13.2. The Morgan fingerprint density at radius 1 is 1.03 bits per heavy atom. The molecule has 0 unspecified atom stereocenters. The number of anilines is 1. The van der Waals surface area contributed by atoms with Gasteiger partial charge < -0.3 is 10.4 Å². The van der Waals surface area contributed by atoms with Gasteiger partial charge in [0.05, 0.1) is 16.7 Å². The summed E-state index contributed by atoms with van der Waals surface area (Å²) in [6.45, 7) is 2.66. The third kappa shape index (κ3) is 4.80. The molecule has 166 valence electrons. The van der Waals surface area contributed by atoms with E-state index in [0.717, 1.165) is 17.5 Å². The van der Waals surface area contributed by atoms with E-state index in [9.17, 15) is 20.0 Å². The molecule has 0 saturated carbocycles. The Morgan fingerprint density at radius 2 is 1.76 bits per heavy atom. The molecule has 5 nitrogen and oxygen atoms in total. The van der Waals surface area contributed by atoms with Crippen molar-refractivity contribution in [2.24, 2.45) is 5.41 Å². The molecule has 0 fully saturated rings. The molecular weight excluding hydrogens is 412 g/mol. The van der Waals surface area contributed by atoms with Crippen molar-refractivity contribution in [3.05, 3.63) is 100 Å². The van der Waals surface area contributed by atoms with Crippen LogP contribution in [0.4, 0.5) is 5.69 Å². The van der Waals surface area contributed by atoms with Gasteiger partial charge in [0.1, 0.15) is 6.07 Å². The predicted octanol–water partition coefficient (Wildman–Crippen LogP) is 4.96. The van der Waals surface area contributed by atoms with Crippen molar-refractivity contribution in [3.8, 4) is 6.07 Å². The van der Waals surface area contributed by atoms with Gasteiger partial charge in [0.2, 0.25) is 0 Å². The fourth-order valence-corrected chi connectivity index (χ4v) is 4.63. The predicted molar refractivity (Wildman–Crippen MR) is 127 cm³/mol. The zero-order chi connectivity index (χ0) is 23.4. The van der Waals surface area contributed by atoms with Crippen LogP contribution in [-0.2, 0) is 24.1 Å². The molecule has 0 aliphatic heterocycles. The molecule has 0 heterocycles. The van der Waals surface area contributed by atoms with Crippen LogP contribution in [0.2, 0.25) is 0 Å². The average Bonchev–Trinajstić information content (AvgIpc) is 3.18. The lowest BCUT2D eigenvalue weighted by molar-refractivity contribution is -0.148. The number of benzene rings is 3. The second-order valence-corrected chi connectivity index (χ2v) is 8.85. The van der Waals surface area contributed by atoms with Crippen LogP contribution in [0, 0.1) is 23.7 Å². The van der Waals surface area contributed by atoms with Gasteiger partial charge in [0.25, 0.3) is 0 Å². The number of nitrogens with zero attached hydrogens (tertiary/aromatic N) is 1. The first-order valence-electron chi connectivity index (χ1n) is 11.1. The van der Waals surface area contributed by atoms with Crippen LogP contribution >= 0.6 is 0 Å². The summed E-state index contributed by atoms with van der Waals surface area (Å²) in [5, 5.41) is 22.8. The van der Waals surface area contributed by atoms with E-state index in [4.69, 9.17) is 0 Å². The number of carbonyl (C=O) groups excluding carboxylic acids is 1. The summed E-state index contributed by atoms with van der Waals surface area (Å²) < 4.78 is 0. The van der Waals surface area contributed by atoms with E-state index in [-0.39, 0.29) is 12.2 Å². The number of nitriles is 1. The summed E-state index contributed by atoms with van der Waals surface area (Å²) in [6.07, 6.45) is 1.40. The fraction of sp³-hybridized carbons (Fsp3) is 0.250. The van der Waals surface area contributed by atoms with E-state index in [1.54, 1.807) is 18.2 Å². The second-order valence-electron chi connectivity index (χ2n) is 8.85. The molecule has 1 aliphatic rings. The van der Waals surface area contributed by atoms with E-state index in [0.29, 0.717) is 36.2 Å². The Morgan fingerprint density at radius 3 is 2.39 bits per heavy atom. The van der Waals surface area contributed by atoms with Gasteiger partial charge in [0, 0.05) is 18.5 Å². The topological polar surface area (TPSA) is 90.2 Å². The van der Waals surface area contributed by atoms with E-state index in [1.165, 1.54) is 11.1 Å². The normalized spacial score (nSPS) is 13.7. The molecule has 33 heavy (non-hydrogen) atoms. The van der Waals surface area contributed by atoms with Gasteiger partial charge >= 0.3 is 5.97 Å². The zero-order valence-electron chi connectivity index (χ0n) is 18.6. The minimum Gasteiger partial charge on any atom is -0.481 e. The molecular formula is C28H26N2O3. The van der Waals surface area contributed by atoms with E-state index in [1.807, 2.05) is 43.3 Å². The molecule has 0 spiro atoms. The number of carboxylic acids is 1. The van der Waals surface area contributed by atoms with Gasteiger partial charge in [-0.3, -0.25) is 9.59 Å². The molecule has 1 aliphatic carbocycles. The van der Waals surface area contributed by atoms with Crippen LogP contribution in [0.1, 0.15) is 44.6 Å². The van der Waals surface area contributed by atoms with Crippen LogP contribution in [0.3, 0.4) is 0 Å². The lowest BCUT2D eigenvalue weighted by Crippen LogP contribution is -2.34. The largest absolute Gasteiger partial charge is 0.481 e. The molecule has 4 rings (SSSR count). The van der Waals surface area contributed by atoms with Crippen molar-refractivity contribution in [1.29, 1.82) is 5.26 Å². The lowest BCUT2D eigenvalue weighted by atomic mass is 9.78. The number of ketones is 1. The van der Waals surface area contributed by atoms with Gasteiger partial charge in [-0.25, -0.2) is 0 Å². The number of aliphatic carboxylic acids is 1. The van der Waals surface area contributed by atoms with Crippen molar-refractivity contribution < 1.29 is 14.7 Å². The van der Waals surface area contributed by atoms with Crippen LogP contribution < -0.4 is 5.32 Å². The second kappa shape index (κ2) is 9.30. The fourth-order valence-electron chi connectivity index (χ4n) is 4.63. The minimum atomic E-state index is -1.13. The van der Waals surface area contributed by atoms with Gasteiger partial charge in [-0.05, 0) is 61.1 Å². The smallest absolute Gasteiger partial charge is 0.310 e. The molecule has 0 amide bonds. The Labute approximate surface area is 193 Å². The molecule has 0 aromatic heterocycles. The maximum atomic E-state index is 13.2. The molecule has 3 aromatic carbocycles. The summed E-state index contributed by atoms with van der Waals surface area (Å²) in [7, 11) is 0. The number of aryl methyl sites for hydroxylation is 1. The Bertz CT molecular complexity index is 1230. The molecule has 0 saturated heterocycles. The number of carboxylic acid groups (broad SMARTS) is 1. The highest BCUT2D eigenvalue weighted by Crippen LogP contribution is 2.41. The summed E-state index contributed by atoms with van der Waals surface area (Å²) in [5.74, 6) is -1.17. The molecule has 5 heteroatoms. The van der Waals surface area contributed by atoms with Crippen LogP contribution in [0.15, 0.2) is 66.7 Å². The maximum Gasteiger partial charge on any atom is 0.310 e. The van der Waals surface area contributed by atoms with Crippen molar-refractivity contribution in [3.63, 3.8) is 0 Å². The molecule has 3 aromatic rings. The SMILES string of the molecule is Cc1cccc(CCNc2cc(C(=O)CC3(C(=O)O)Cc4ccccc4C3)ccc2C#N)c1. The number of nitrogens with one attached hydrogen (secondary N) is 1. The first-order chi connectivity index (χ1) is 15.9. The Balaban J connectivity index is 1.50. The average molecular weight is 439 g/mol. The summed E-state index contributed by atoms with van der Waals surface area (Å²) >= 11 is 0. The first kappa shape index (κ1) is 22.3. The van der Waals surface area contributed by atoms with Crippen molar-refractivity contribution in [1.82, 2.24) is 0 Å². The van der Waals surface area contributed by atoms with Gasteiger partial charge in [-0.15, -0.1) is 0 Å². The highest BCUT2D eigenvalue weighted by atomic mass is 16.4. The Kier molecular flexibility index (Phi) is 6.28. The lowest BCUT2D eigenvalue weighted by Gasteiger charge is -2.23. The van der Waals surface area contributed by atoms with Crippen LogP contribution in [0.5, 0.6) is 0 Å². The van der Waals surface area contributed by atoms with Crippen molar-refractivity contribution >= 4 is 17.4 Å². The molecule has 0 radical (unpaired) electrons. The molecule has 0 atom stereocenters. The van der Waals surface area contributed by atoms with Crippen molar-refractivity contribution in [2.45, 2.75) is 32.6 Å². The number of carbonyl (C=O) groups is 2. The number of fused-ring (bicyclic) bond motifs is 1. The molecule has 0 bridgehead atoms. The molecule has 2 N–H and O–H groups in total. The number of hydrogen-bond donors (Lipinski definition) is 2. The van der Waals surface area contributed by atoms with Gasteiger partial charge in [0.15, 0.2) is 5.78 Å². The number of hydrogen-bond acceptors (Lipinski definition) is 4. The first-order valence-corrected chi connectivity index (χ1v) is 11.1. The monoisotopic (exact) mass is 438 g/mol. The van der Waals surface area contributed by atoms with Crippen molar-refractivity contribution in [2.75, 3.05) is 11.9 Å². The quantitative estimate of drug-likeness (QED) is 0.485. The van der Waals surface area contributed by atoms with Crippen LogP contribution in [0.25, 0.3) is 0 Å².